The van der Waals surface area contributed by atoms with Gasteiger partial charge < -0.3 is 5.32 Å². The second-order valence-electron chi connectivity index (χ2n) is 5.12. The first-order valence-electron chi connectivity index (χ1n) is 7.00. The van der Waals surface area contributed by atoms with Gasteiger partial charge in [-0.3, -0.25) is 0 Å². The van der Waals surface area contributed by atoms with Crippen molar-refractivity contribution < 1.29 is 0 Å². The van der Waals surface area contributed by atoms with Crippen LogP contribution in [0.2, 0.25) is 0 Å². The topological polar surface area (TPSA) is 12.0 Å². The summed E-state index contributed by atoms with van der Waals surface area (Å²) in [6.07, 6.45) is 4.54. The van der Waals surface area contributed by atoms with E-state index in [1.165, 1.54) is 23.3 Å². The van der Waals surface area contributed by atoms with Crippen LogP contribution in [0.3, 0.4) is 0 Å². The van der Waals surface area contributed by atoms with Gasteiger partial charge in [-0.15, -0.1) is 0 Å². The van der Waals surface area contributed by atoms with Crippen molar-refractivity contribution in [3.05, 3.63) is 35.4 Å². The molecule has 1 rings (SSSR count). The summed E-state index contributed by atoms with van der Waals surface area (Å²) in [5, 5.41) is 3.69. The van der Waals surface area contributed by atoms with Crippen LogP contribution in [0.25, 0.3) is 0 Å². The van der Waals surface area contributed by atoms with Gasteiger partial charge in [-0.1, -0.05) is 45.0 Å². The fraction of sp³-hybridized carbons (Fsp3) is 0.625. The maximum atomic E-state index is 3.69. The van der Waals surface area contributed by atoms with E-state index in [9.17, 15) is 0 Å². The minimum absolute atomic E-state index is 0.484. The number of benzene rings is 1. The van der Waals surface area contributed by atoms with E-state index >= 15 is 0 Å². The van der Waals surface area contributed by atoms with Crippen LogP contribution in [0.5, 0.6) is 0 Å². The molecule has 0 heterocycles. The Morgan fingerprint density at radius 2 is 1.83 bits per heavy atom. The molecule has 0 radical (unpaired) electrons. The van der Waals surface area contributed by atoms with Gasteiger partial charge in [0, 0.05) is 6.04 Å². The van der Waals surface area contributed by atoms with Gasteiger partial charge in [-0.2, -0.15) is 11.8 Å². The highest BCUT2D eigenvalue weighted by atomic mass is 32.2. The highest BCUT2D eigenvalue weighted by Crippen LogP contribution is 2.22. The number of rotatable bonds is 8. The number of nitrogens with one attached hydrogen (secondary N) is 1. The molecule has 18 heavy (non-hydrogen) atoms. The van der Waals surface area contributed by atoms with Crippen LogP contribution in [0.1, 0.15) is 44.4 Å². The molecule has 1 N–H and O–H groups in total. The highest BCUT2D eigenvalue weighted by Gasteiger charge is 2.14. The number of thioether (sulfide) groups is 1. The summed E-state index contributed by atoms with van der Waals surface area (Å²) in [4.78, 5) is 0. The Labute approximate surface area is 117 Å². The zero-order chi connectivity index (χ0) is 13.4. The molecule has 0 aromatic heterocycles. The molecule has 102 valence electrons. The molecule has 1 unspecified atom stereocenters. The molecule has 0 fully saturated rings. The van der Waals surface area contributed by atoms with Crippen LogP contribution in [0.15, 0.2) is 24.3 Å². The normalized spacial score (nSPS) is 12.9. The SMILES string of the molecule is CCc1ccc(C(NCCCSC)C(C)C)cc1. The molecular formula is C16H27NS. The van der Waals surface area contributed by atoms with Crippen LogP contribution in [-0.4, -0.2) is 18.6 Å². The van der Waals surface area contributed by atoms with Crippen molar-refractivity contribution >= 4 is 11.8 Å². The molecule has 0 aliphatic carbocycles. The third-order valence-electron chi connectivity index (χ3n) is 3.30. The molecule has 0 spiro atoms. The van der Waals surface area contributed by atoms with Crippen molar-refractivity contribution in [1.82, 2.24) is 5.32 Å². The van der Waals surface area contributed by atoms with E-state index in [4.69, 9.17) is 0 Å². The molecule has 0 bridgehead atoms. The van der Waals surface area contributed by atoms with Crippen molar-refractivity contribution in [3.8, 4) is 0 Å². The summed E-state index contributed by atoms with van der Waals surface area (Å²) in [5.41, 5.74) is 2.84. The molecule has 0 saturated heterocycles. The van der Waals surface area contributed by atoms with Crippen LogP contribution in [0.4, 0.5) is 0 Å². The predicted molar refractivity (Wildman–Crippen MR) is 84.4 cm³/mol. The second kappa shape index (κ2) is 8.60. The van der Waals surface area contributed by atoms with Crippen LogP contribution < -0.4 is 5.32 Å². The van der Waals surface area contributed by atoms with Gasteiger partial charge in [0.1, 0.15) is 0 Å². The molecule has 0 aliphatic rings. The molecule has 0 saturated carbocycles. The summed E-state index contributed by atoms with van der Waals surface area (Å²) in [5.74, 6) is 1.87. The zero-order valence-electron chi connectivity index (χ0n) is 12.2. The molecule has 1 atom stereocenters. The third kappa shape index (κ3) is 5.03. The maximum Gasteiger partial charge on any atom is 0.0343 e. The van der Waals surface area contributed by atoms with Crippen molar-refractivity contribution in [2.45, 2.75) is 39.7 Å². The van der Waals surface area contributed by atoms with Gasteiger partial charge in [0.2, 0.25) is 0 Å². The molecular weight excluding hydrogens is 238 g/mol. The fourth-order valence-corrected chi connectivity index (χ4v) is 2.61. The van der Waals surface area contributed by atoms with Gasteiger partial charge in [0.05, 0.1) is 0 Å². The Morgan fingerprint density at radius 1 is 1.17 bits per heavy atom. The lowest BCUT2D eigenvalue weighted by Gasteiger charge is -2.23. The largest absolute Gasteiger partial charge is 0.310 e. The monoisotopic (exact) mass is 265 g/mol. The first-order chi connectivity index (χ1) is 8.69. The Hall–Kier alpha value is -0.470. The fourth-order valence-electron chi connectivity index (χ4n) is 2.17. The van der Waals surface area contributed by atoms with Crippen molar-refractivity contribution in [3.63, 3.8) is 0 Å². The molecule has 1 nitrogen and oxygen atoms in total. The summed E-state index contributed by atoms with van der Waals surface area (Å²) < 4.78 is 0. The molecule has 1 aromatic rings. The smallest absolute Gasteiger partial charge is 0.0343 e. The van der Waals surface area contributed by atoms with Crippen molar-refractivity contribution in [2.75, 3.05) is 18.6 Å². The van der Waals surface area contributed by atoms with Crippen LogP contribution in [-0.2, 0) is 6.42 Å². The van der Waals surface area contributed by atoms with E-state index in [-0.39, 0.29) is 0 Å². The minimum Gasteiger partial charge on any atom is -0.310 e. The van der Waals surface area contributed by atoms with E-state index in [0.29, 0.717) is 12.0 Å². The van der Waals surface area contributed by atoms with Crippen LogP contribution >= 0.6 is 11.8 Å². The maximum absolute atomic E-state index is 3.69. The number of hydrogen-bond acceptors (Lipinski definition) is 2. The Morgan fingerprint density at radius 3 is 2.33 bits per heavy atom. The highest BCUT2D eigenvalue weighted by molar-refractivity contribution is 7.98. The average molecular weight is 265 g/mol. The van der Waals surface area contributed by atoms with Crippen LogP contribution in [0, 0.1) is 5.92 Å². The Balaban J connectivity index is 2.59. The molecule has 0 amide bonds. The Kier molecular flexibility index (Phi) is 7.45. The standard InChI is InChI=1S/C16H27NS/c1-5-14-7-9-15(10-8-14)16(13(2)3)17-11-6-12-18-4/h7-10,13,16-17H,5-6,11-12H2,1-4H3. The summed E-state index contributed by atoms with van der Waals surface area (Å²) in [7, 11) is 0. The van der Waals surface area contributed by atoms with Gasteiger partial charge in [0.15, 0.2) is 0 Å². The lowest BCUT2D eigenvalue weighted by molar-refractivity contribution is 0.413. The summed E-state index contributed by atoms with van der Waals surface area (Å²) in [6, 6.07) is 9.57. The average Bonchev–Trinajstić information content (AvgIpc) is 2.39. The first kappa shape index (κ1) is 15.6. The second-order valence-corrected chi connectivity index (χ2v) is 6.10. The number of hydrogen-bond donors (Lipinski definition) is 1. The quantitative estimate of drug-likeness (QED) is 0.704. The van der Waals surface area contributed by atoms with Crippen molar-refractivity contribution in [1.29, 1.82) is 0 Å². The lowest BCUT2D eigenvalue weighted by Crippen LogP contribution is -2.27. The molecule has 2 heteroatoms. The van der Waals surface area contributed by atoms with E-state index in [1.54, 1.807) is 0 Å². The first-order valence-corrected chi connectivity index (χ1v) is 8.39. The zero-order valence-corrected chi connectivity index (χ0v) is 13.0. The lowest BCUT2D eigenvalue weighted by atomic mass is 9.95. The number of aryl methyl sites for hydroxylation is 1. The van der Waals surface area contributed by atoms with E-state index in [1.807, 2.05) is 11.8 Å². The third-order valence-corrected chi connectivity index (χ3v) is 4.00. The summed E-state index contributed by atoms with van der Waals surface area (Å²) >= 11 is 1.92. The van der Waals surface area contributed by atoms with Gasteiger partial charge in [-0.25, -0.2) is 0 Å². The van der Waals surface area contributed by atoms with E-state index in [0.717, 1.165) is 13.0 Å². The Bertz CT molecular complexity index is 318. The molecule has 0 aliphatic heterocycles. The van der Waals surface area contributed by atoms with Gasteiger partial charge in [-0.05, 0) is 48.4 Å². The van der Waals surface area contributed by atoms with E-state index < -0.39 is 0 Å². The summed E-state index contributed by atoms with van der Waals surface area (Å²) in [6.45, 7) is 7.90. The minimum atomic E-state index is 0.484. The molecule has 1 aromatic carbocycles. The van der Waals surface area contributed by atoms with E-state index in [2.05, 4.69) is 56.6 Å². The van der Waals surface area contributed by atoms with Crippen molar-refractivity contribution in [2.24, 2.45) is 5.92 Å². The predicted octanol–water partition coefficient (Wildman–Crippen LogP) is 4.29. The van der Waals surface area contributed by atoms with Gasteiger partial charge in [0.25, 0.3) is 0 Å². The van der Waals surface area contributed by atoms with Gasteiger partial charge >= 0.3 is 0 Å².